The van der Waals surface area contributed by atoms with Gasteiger partial charge in [-0.1, -0.05) is 25.1 Å². The molecule has 0 unspecified atom stereocenters. The molecule has 1 saturated carbocycles. The zero-order valence-electron chi connectivity index (χ0n) is 17.6. The van der Waals surface area contributed by atoms with Gasteiger partial charge in [0.15, 0.2) is 5.82 Å². The van der Waals surface area contributed by atoms with E-state index in [0.717, 1.165) is 12.8 Å². The van der Waals surface area contributed by atoms with Crippen LogP contribution in [0.25, 0.3) is 5.69 Å². The van der Waals surface area contributed by atoms with E-state index in [1.807, 2.05) is 18.2 Å². The summed E-state index contributed by atoms with van der Waals surface area (Å²) >= 11 is 0. The molecule has 8 nitrogen and oxygen atoms in total. The van der Waals surface area contributed by atoms with Crippen LogP contribution in [0.1, 0.15) is 49.4 Å². The third-order valence-electron chi connectivity index (χ3n) is 5.90. The van der Waals surface area contributed by atoms with Crippen molar-refractivity contribution in [1.82, 2.24) is 14.7 Å². The van der Waals surface area contributed by atoms with Gasteiger partial charge in [0.2, 0.25) is 11.8 Å². The van der Waals surface area contributed by atoms with Crippen LogP contribution in [0.3, 0.4) is 0 Å². The molecule has 8 heteroatoms. The summed E-state index contributed by atoms with van der Waals surface area (Å²) in [4.78, 5) is 39.0. The van der Waals surface area contributed by atoms with Crippen molar-refractivity contribution in [3.05, 3.63) is 42.1 Å². The first-order chi connectivity index (χ1) is 14.2. The molecule has 1 aromatic carbocycles. The summed E-state index contributed by atoms with van der Waals surface area (Å²) < 4.78 is 1.43. The first kappa shape index (κ1) is 21.5. The number of carboxylic acids is 1. The van der Waals surface area contributed by atoms with E-state index in [-0.39, 0.29) is 29.6 Å². The van der Waals surface area contributed by atoms with Gasteiger partial charge in [-0.3, -0.25) is 9.59 Å². The second kappa shape index (κ2) is 8.69. The van der Waals surface area contributed by atoms with Crippen LogP contribution >= 0.6 is 0 Å². The molecule has 2 N–H and O–H groups in total. The van der Waals surface area contributed by atoms with Crippen molar-refractivity contribution >= 4 is 23.6 Å². The number of aromatic nitrogens is 2. The predicted molar refractivity (Wildman–Crippen MR) is 113 cm³/mol. The number of carboxylic acid groups (broad SMARTS) is 1. The third-order valence-corrected chi connectivity index (χ3v) is 5.90. The van der Waals surface area contributed by atoms with Gasteiger partial charge in [-0.2, -0.15) is 0 Å². The first-order valence-corrected chi connectivity index (χ1v) is 10.1. The van der Waals surface area contributed by atoms with E-state index in [9.17, 15) is 19.5 Å². The van der Waals surface area contributed by atoms with Crippen LogP contribution in [0.4, 0.5) is 5.82 Å². The first-order valence-electron chi connectivity index (χ1n) is 10.1. The second-order valence-electron chi connectivity index (χ2n) is 8.36. The monoisotopic (exact) mass is 412 g/mol. The summed E-state index contributed by atoms with van der Waals surface area (Å²) in [7, 11) is 3.34. The normalized spacial score (nSPS) is 21.1. The Balaban J connectivity index is 1.90. The summed E-state index contributed by atoms with van der Waals surface area (Å²) in [5, 5.41) is 16.6. The number of benzene rings is 1. The Morgan fingerprint density at radius 3 is 2.40 bits per heavy atom. The van der Waals surface area contributed by atoms with Crippen molar-refractivity contribution in [2.75, 3.05) is 19.4 Å². The molecule has 1 fully saturated rings. The average Bonchev–Trinajstić information content (AvgIpc) is 3.14. The highest BCUT2D eigenvalue weighted by atomic mass is 16.4. The number of rotatable bonds is 6. The molecular weight excluding hydrogens is 384 g/mol. The summed E-state index contributed by atoms with van der Waals surface area (Å²) in [6.45, 7) is 2.14. The van der Waals surface area contributed by atoms with Crippen LogP contribution in [-0.2, 0) is 9.59 Å². The van der Waals surface area contributed by atoms with E-state index >= 15 is 0 Å². The second-order valence-corrected chi connectivity index (χ2v) is 8.36. The minimum Gasteiger partial charge on any atom is -0.477 e. The van der Waals surface area contributed by atoms with E-state index in [2.05, 4.69) is 17.3 Å². The molecule has 2 aromatic rings. The van der Waals surface area contributed by atoms with Crippen molar-refractivity contribution in [2.24, 2.45) is 11.3 Å². The van der Waals surface area contributed by atoms with Crippen LogP contribution < -0.4 is 5.32 Å². The van der Waals surface area contributed by atoms with Crippen molar-refractivity contribution in [3.63, 3.8) is 0 Å². The predicted octanol–water partition coefficient (Wildman–Crippen LogP) is 3.18. The van der Waals surface area contributed by atoms with Gasteiger partial charge in [-0.15, -0.1) is 5.10 Å². The fourth-order valence-electron chi connectivity index (χ4n) is 3.82. The van der Waals surface area contributed by atoms with Gasteiger partial charge in [0, 0.05) is 26.7 Å². The molecule has 0 aliphatic heterocycles. The molecule has 1 aliphatic carbocycles. The van der Waals surface area contributed by atoms with Crippen LogP contribution in [0.15, 0.2) is 36.5 Å². The lowest BCUT2D eigenvalue weighted by Crippen LogP contribution is -2.43. The van der Waals surface area contributed by atoms with Gasteiger partial charge in [0.25, 0.3) is 0 Å². The van der Waals surface area contributed by atoms with Crippen molar-refractivity contribution in [3.8, 4) is 5.69 Å². The van der Waals surface area contributed by atoms with Gasteiger partial charge in [0.1, 0.15) is 5.56 Å². The Bertz CT molecular complexity index is 928. The smallest absolute Gasteiger partial charge is 0.341 e. The summed E-state index contributed by atoms with van der Waals surface area (Å²) in [5.74, 6) is -1.15. The number of amides is 2. The van der Waals surface area contributed by atoms with Crippen LogP contribution in [0.2, 0.25) is 0 Å². The average molecular weight is 412 g/mol. The number of nitrogens with one attached hydrogen (secondary N) is 1. The Labute approximate surface area is 175 Å². The van der Waals surface area contributed by atoms with Gasteiger partial charge >= 0.3 is 5.97 Å². The lowest BCUT2D eigenvalue weighted by atomic mass is 9.68. The molecule has 2 amide bonds. The highest BCUT2D eigenvalue weighted by Crippen LogP contribution is 2.43. The van der Waals surface area contributed by atoms with Gasteiger partial charge in [-0.25, -0.2) is 9.48 Å². The number of hydrogen-bond donors (Lipinski definition) is 2. The molecule has 0 atom stereocenters. The lowest BCUT2D eigenvalue weighted by molar-refractivity contribution is -0.139. The van der Waals surface area contributed by atoms with Crippen LogP contribution in [0, 0.1) is 11.3 Å². The molecule has 0 saturated heterocycles. The number of aromatic carboxylic acids is 1. The van der Waals surface area contributed by atoms with E-state index < -0.39 is 11.4 Å². The molecule has 30 heavy (non-hydrogen) atoms. The fraction of sp³-hybridized carbons (Fsp3) is 0.455. The molecule has 0 radical (unpaired) electrons. The molecule has 3 rings (SSSR count). The minimum atomic E-state index is -1.18. The van der Waals surface area contributed by atoms with E-state index in [4.69, 9.17) is 0 Å². The maximum atomic E-state index is 13.4. The van der Waals surface area contributed by atoms with E-state index in [1.54, 1.807) is 26.2 Å². The van der Waals surface area contributed by atoms with E-state index in [1.165, 1.54) is 15.8 Å². The minimum absolute atomic E-state index is 0.00773. The van der Waals surface area contributed by atoms with Crippen molar-refractivity contribution in [1.29, 1.82) is 0 Å². The Hall–Kier alpha value is -3.16. The molecule has 160 valence electrons. The highest BCUT2D eigenvalue weighted by molar-refractivity contribution is 6.02. The molecule has 1 aliphatic rings. The quantitative estimate of drug-likeness (QED) is 0.758. The van der Waals surface area contributed by atoms with E-state index in [0.29, 0.717) is 24.4 Å². The zero-order chi connectivity index (χ0) is 21.9. The number of anilines is 1. The number of hydrogen-bond acceptors (Lipinski definition) is 4. The molecule has 1 aromatic heterocycles. The maximum absolute atomic E-state index is 13.4. The molecular formula is C22H28N4O4. The number of carbonyl (C=O) groups is 3. The maximum Gasteiger partial charge on any atom is 0.341 e. The number of para-hydroxylation sites is 1. The zero-order valence-corrected chi connectivity index (χ0v) is 17.6. The number of nitrogens with zero attached hydrogens (tertiary/aromatic N) is 3. The molecule has 0 spiro atoms. The van der Waals surface area contributed by atoms with Crippen LogP contribution in [0.5, 0.6) is 0 Å². The summed E-state index contributed by atoms with van der Waals surface area (Å²) in [6, 6.07) is 9.08. The van der Waals surface area contributed by atoms with Crippen LogP contribution in [-0.4, -0.2) is 51.7 Å². The third kappa shape index (κ3) is 4.53. The highest BCUT2D eigenvalue weighted by Gasteiger charge is 2.43. The van der Waals surface area contributed by atoms with Crippen molar-refractivity contribution < 1.29 is 19.5 Å². The molecule has 0 bridgehead atoms. The molecule has 1 heterocycles. The largest absolute Gasteiger partial charge is 0.477 e. The standard InChI is InChI=1S/C22H28N4O4/c1-15-9-11-22(12-10-15,13-18(27)25(2)3)21(30)23-19-17(20(28)29)14-26(24-19)16-7-5-4-6-8-16/h4-8,14-15H,9-13H2,1-3H3,(H,28,29)(H,23,24,30). The topological polar surface area (TPSA) is 105 Å². The fourth-order valence-corrected chi connectivity index (χ4v) is 3.82. The van der Waals surface area contributed by atoms with Gasteiger partial charge in [-0.05, 0) is 43.7 Å². The lowest BCUT2D eigenvalue weighted by Gasteiger charge is -2.38. The Morgan fingerprint density at radius 1 is 1.20 bits per heavy atom. The number of carbonyl (C=O) groups excluding carboxylic acids is 2. The SMILES string of the molecule is CC1CCC(CC(=O)N(C)C)(C(=O)Nc2nn(-c3ccccc3)cc2C(=O)O)CC1. The van der Waals surface area contributed by atoms with Crippen molar-refractivity contribution in [2.45, 2.75) is 39.0 Å². The Morgan fingerprint density at radius 2 is 1.83 bits per heavy atom. The van der Waals surface area contributed by atoms with Gasteiger partial charge < -0.3 is 15.3 Å². The Kier molecular flexibility index (Phi) is 6.24. The summed E-state index contributed by atoms with van der Waals surface area (Å²) in [6.07, 6.45) is 4.34. The summed E-state index contributed by atoms with van der Waals surface area (Å²) in [5.41, 5.74) is -0.268. The van der Waals surface area contributed by atoms with Gasteiger partial charge in [0.05, 0.1) is 11.1 Å².